The third-order valence-corrected chi connectivity index (χ3v) is 6.12. The highest BCUT2D eigenvalue weighted by atomic mass is 32.2. The van der Waals surface area contributed by atoms with Crippen LogP contribution in [0.3, 0.4) is 0 Å². The SMILES string of the molecule is COc1ccc2oc(C)c(C(=O)Nc3cccc(NS(=O)(=O)c4ccccc4)c3)c2c1. The van der Waals surface area contributed by atoms with Crippen LogP contribution in [0.25, 0.3) is 11.0 Å². The Labute approximate surface area is 179 Å². The summed E-state index contributed by atoms with van der Waals surface area (Å²) < 4.78 is 38.6. The Morgan fingerprint density at radius 1 is 0.935 bits per heavy atom. The summed E-state index contributed by atoms with van der Waals surface area (Å²) in [6, 6.07) is 19.8. The van der Waals surface area contributed by atoms with E-state index in [1.165, 1.54) is 12.1 Å². The lowest BCUT2D eigenvalue weighted by molar-refractivity contribution is 0.102. The summed E-state index contributed by atoms with van der Waals surface area (Å²) >= 11 is 0. The number of fused-ring (bicyclic) bond motifs is 1. The first-order valence-corrected chi connectivity index (χ1v) is 10.9. The van der Waals surface area contributed by atoms with E-state index < -0.39 is 10.0 Å². The molecule has 0 spiro atoms. The van der Waals surface area contributed by atoms with Gasteiger partial charge in [0.25, 0.3) is 15.9 Å². The van der Waals surface area contributed by atoms with Gasteiger partial charge in [-0.25, -0.2) is 8.42 Å². The minimum Gasteiger partial charge on any atom is -0.497 e. The van der Waals surface area contributed by atoms with Crippen molar-refractivity contribution >= 4 is 38.3 Å². The molecule has 2 N–H and O–H groups in total. The average Bonchev–Trinajstić information content (AvgIpc) is 3.09. The summed E-state index contributed by atoms with van der Waals surface area (Å²) in [7, 11) is -2.19. The Morgan fingerprint density at radius 3 is 2.42 bits per heavy atom. The van der Waals surface area contributed by atoms with E-state index in [0.717, 1.165) is 0 Å². The van der Waals surface area contributed by atoms with E-state index in [9.17, 15) is 13.2 Å². The molecule has 8 heteroatoms. The number of anilines is 2. The number of hydrogen-bond acceptors (Lipinski definition) is 5. The summed E-state index contributed by atoms with van der Waals surface area (Å²) in [6.07, 6.45) is 0. The molecule has 0 saturated heterocycles. The van der Waals surface area contributed by atoms with E-state index in [-0.39, 0.29) is 10.8 Å². The van der Waals surface area contributed by atoms with Crippen LogP contribution in [0.15, 0.2) is 82.1 Å². The van der Waals surface area contributed by atoms with E-state index in [1.807, 2.05) is 0 Å². The van der Waals surface area contributed by atoms with Gasteiger partial charge in [0.2, 0.25) is 0 Å². The highest BCUT2D eigenvalue weighted by Gasteiger charge is 2.19. The molecule has 0 aliphatic rings. The van der Waals surface area contributed by atoms with Gasteiger partial charge in [0.15, 0.2) is 0 Å². The summed E-state index contributed by atoms with van der Waals surface area (Å²) in [5.74, 6) is 0.717. The van der Waals surface area contributed by atoms with Crippen molar-refractivity contribution in [2.75, 3.05) is 17.1 Å². The van der Waals surface area contributed by atoms with Crippen LogP contribution in [0, 0.1) is 6.92 Å². The summed E-state index contributed by atoms with van der Waals surface area (Å²) in [5, 5.41) is 3.44. The average molecular weight is 436 g/mol. The molecule has 0 aliphatic heterocycles. The lowest BCUT2D eigenvalue weighted by Crippen LogP contribution is -2.14. The number of aryl methyl sites for hydroxylation is 1. The van der Waals surface area contributed by atoms with Crippen molar-refractivity contribution in [2.45, 2.75) is 11.8 Å². The van der Waals surface area contributed by atoms with Gasteiger partial charge < -0.3 is 14.5 Å². The third kappa shape index (κ3) is 4.24. The van der Waals surface area contributed by atoms with Crippen LogP contribution >= 0.6 is 0 Å². The second-order valence-corrected chi connectivity index (χ2v) is 8.53. The van der Waals surface area contributed by atoms with Crippen molar-refractivity contribution < 1.29 is 22.4 Å². The molecule has 3 aromatic carbocycles. The highest BCUT2D eigenvalue weighted by Crippen LogP contribution is 2.30. The molecule has 0 radical (unpaired) electrons. The van der Waals surface area contributed by atoms with Gasteiger partial charge >= 0.3 is 0 Å². The van der Waals surface area contributed by atoms with Crippen LogP contribution < -0.4 is 14.8 Å². The molecule has 0 fully saturated rings. The van der Waals surface area contributed by atoms with Crippen molar-refractivity contribution in [1.82, 2.24) is 0 Å². The number of ether oxygens (including phenoxy) is 1. The predicted octanol–water partition coefficient (Wildman–Crippen LogP) is 4.80. The molecule has 4 aromatic rings. The number of rotatable bonds is 6. The van der Waals surface area contributed by atoms with Gasteiger partial charge in [0, 0.05) is 11.1 Å². The molecule has 4 rings (SSSR count). The number of methoxy groups -OCH3 is 1. The normalized spacial score (nSPS) is 11.3. The number of hydrogen-bond donors (Lipinski definition) is 2. The van der Waals surface area contributed by atoms with Crippen LogP contribution in [-0.2, 0) is 10.0 Å². The van der Waals surface area contributed by atoms with Gasteiger partial charge in [-0.05, 0) is 55.5 Å². The van der Waals surface area contributed by atoms with Gasteiger partial charge in [-0.15, -0.1) is 0 Å². The van der Waals surface area contributed by atoms with Crippen LogP contribution in [-0.4, -0.2) is 21.4 Å². The second-order valence-electron chi connectivity index (χ2n) is 6.85. The minimum atomic E-state index is -3.74. The zero-order valence-electron chi connectivity index (χ0n) is 16.9. The molecule has 0 bridgehead atoms. The van der Waals surface area contributed by atoms with Crippen LogP contribution in [0.5, 0.6) is 5.75 Å². The van der Waals surface area contributed by atoms with Gasteiger partial charge in [0.1, 0.15) is 17.1 Å². The first-order valence-electron chi connectivity index (χ1n) is 9.44. The zero-order valence-corrected chi connectivity index (χ0v) is 17.7. The summed E-state index contributed by atoms with van der Waals surface area (Å²) in [6.45, 7) is 1.71. The minimum absolute atomic E-state index is 0.152. The first kappa shape index (κ1) is 20.5. The molecule has 0 atom stereocenters. The fraction of sp³-hybridized carbons (Fsp3) is 0.0870. The Balaban J connectivity index is 1.59. The van der Waals surface area contributed by atoms with E-state index in [1.54, 1.807) is 74.7 Å². The monoisotopic (exact) mass is 436 g/mol. The molecule has 0 aliphatic carbocycles. The second kappa shape index (κ2) is 8.16. The van der Waals surface area contributed by atoms with Crippen LogP contribution in [0.2, 0.25) is 0 Å². The van der Waals surface area contributed by atoms with Crippen LogP contribution in [0.1, 0.15) is 16.1 Å². The predicted molar refractivity (Wildman–Crippen MR) is 119 cm³/mol. The summed E-state index contributed by atoms with van der Waals surface area (Å²) in [5.41, 5.74) is 1.74. The Hall–Kier alpha value is -3.78. The fourth-order valence-corrected chi connectivity index (χ4v) is 4.35. The lowest BCUT2D eigenvalue weighted by Gasteiger charge is -2.10. The molecule has 31 heavy (non-hydrogen) atoms. The first-order chi connectivity index (χ1) is 14.9. The largest absolute Gasteiger partial charge is 0.497 e. The Bertz CT molecular complexity index is 1360. The smallest absolute Gasteiger partial charge is 0.261 e. The van der Waals surface area contributed by atoms with Crippen molar-refractivity contribution in [3.63, 3.8) is 0 Å². The van der Waals surface area contributed by atoms with Crippen molar-refractivity contribution in [3.05, 3.63) is 84.1 Å². The van der Waals surface area contributed by atoms with Crippen molar-refractivity contribution in [1.29, 1.82) is 0 Å². The van der Waals surface area contributed by atoms with E-state index in [0.29, 0.717) is 39.4 Å². The number of sulfonamides is 1. The molecule has 7 nitrogen and oxygen atoms in total. The standard InChI is InChI=1S/C23H20N2O5S/c1-15-22(20-14-18(29-2)11-12-21(20)30-15)23(26)24-16-7-6-8-17(13-16)25-31(27,28)19-9-4-3-5-10-19/h3-14,25H,1-2H3,(H,24,26). The molecular formula is C23H20N2O5S. The molecule has 1 heterocycles. The maximum atomic E-state index is 13.0. The van der Waals surface area contributed by atoms with Crippen LogP contribution in [0.4, 0.5) is 11.4 Å². The topological polar surface area (TPSA) is 97.6 Å². The third-order valence-electron chi connectivity index (χ3n) is 4.72. The number of carbonyl (C=O) groups excluding carboxylic acids is 1. The fourth-order valence-electron chi connectivity index (χ4n) is 3.28. The summed E-state index contributed by atoms with van der Waals surface area (Å²) in [4.78, 5) is 13.1. The Morgan fingerprint density at radius 2 is 1.68 bits per heavy atom. The van der Waals surface area contributed by atoms with Gasteiger partial charge in [-0.3, -0.25) is 9.52 Å². The maximum Gasteiger partial charge on any atom is 0.261 e. The maximum absolute atomic E-state index is 13.0. The molecule has 0 unspecified atom stereocenters. The van der Waals surface area contributed by atoms with Gasteiger partial charge in [0.05, 0.1) is 23.3 Å². The van der Waals surface area contributed by atoms with E-state index in [2.05, 4.69) is 10.0 Å². The number of carbonyl (C=O) groups is 1. The molecule has 1 aromatic heterocycles. The van der Waals surface area contributed by atoms with Crippen molar-refractivity contribution in [3.8, 4) is 5.75 Å². The number of benzene rings is 3. The van der Waals surface area contributed by atoms with Crippen molar-refractivity contribution in [2.24, 2.45) is 0 Å². The van der Waals surface area contributed by atoms with E-state index in [4.69, 9.17) is 9.15 Å². The molecule has 1 amide bonds. The lowest BCUT2D eigenvalue weighted by atomic mass is 10.1. The Kier molecular flexibility index (Phi) is 5.39. The number of amides is 1. The molecular weight excluding hydrogens is 416 g/mol. The number of furan rings is 1. The molecule has 158 valence electrons. The highest BCUT2D eigenvalue weighted by molar-refractivity contribution is 7.92. The van der Waals surface area contributed by atoms with Gasteiger partial charge in [-0.1, -0.05) is 24.3 Å². The molecule has 0 saturated carbocycles. The zero-order chi connectivity index (χ0) is 22.0. The number of nitrogens with one attached hydrogen (secondary N) is 2. The van der Waals surface area contributed by atoms with E-state index >= 15 is 0 Å². The quantitative estimate of drug-likeness (QED) is 0.452. The van der Waals surface area contributed by atoms with Gasteiger partial charge in [-0.2, -0.15) is 0 Å².